The van der Waals surface area contributed by atoms with Gasteiger partial charge in [0.2, 0.25) is 0 Å². The van der Waals surface area contributed by atoms with Crippen molar-refractivity contribution < 1.29 is 4.42 Å². The molecule has 0 radical (unpaired) electrons. The standard InChI is InChI=1S/C48H30N2O/c1-29-20-22-33-34-23-21-32(47-49-42(30-12-4-2-5-13-30)28-43(50-47)31-14-6-3-7-15-31)27-41(34)48(40(33)26-29)38-18-10-8-17-37(38)45-39(48)25-24-36-35-16-9-11-19-44(35)51-46(36)45/h2-28H,1H3. The summed E-state index contributed by atoms with van der Waals surface area (Å²) < 4.78 is 6.74. The van der Waals surface area contributed by atoms with E-state index < -0.39 is 5.41 Å². The van der Waals surface area contributed by atoms with E-state index in [1.807, 2.05) is 18.2 Å². The van der Waals surface area contributed by atoms with Crippen LogP contribution in [0.3, 0.4) is 0 Å². The average molecular weight is 651 g/mol. The Morgan fingerprint density at radius 2 is 1.10 bits per heavy atom. The normalized spacial score (nSPS) is 15.2. The van der Waals surface area contributed by atoms with E-state index in [9.17, 15) is 0 Å². The maximum Gasteiger partial charge on any atom is 0.160 e. The van der Waals surface area contributed by atoms with Crippen molar-refractivity contribution in [3.63, 3.8) is 0 Å². The zero-order valence-corrected chi connectivity index (χ0v) is 27.9. The highest BCUT2D eigenvalue weighted by Crippen LogP contribution is 2.64. The molecule has 2 aliphatic rings. The van der Waals surface area contributed by atoms with Crippen molar-refractivity contribution >= 4 is 21.9 Å². The van der Waals surface area contributed by atoms with E-state index in [0.29, 0.717) is 5.82 Å². The molecule has 9 aromatic rings. The first-order chi connectivity index (χ1) is 25.2. The summed E-state index contributed by atoms with van der Waals surface area (Å²) in [6.45, 7) is 2.20. The lowest BCUT2D eigenvalue weighted by Gasteiger charge is -2.31. The third-order valence-corrected chi connectivity index (χ3v) is 11.0. The number of hydrogen-bond donors (Lipinski definition) is 0. The molecule has 1 spiro atoms. The van der Waals surface area contributed by atoms with Crippen molar-refractivity contribution in [2.75, 3.05) is 0 Å². The topological polar surface area (TPSA) is 38.9 Å². The van der Waals surface area contributed by atoms with Gasteiger partial charge in [0.05, 0.1) is 16.8 Å². The minimum absolute atomic E-state index is 0.537. The predicted octanol–water partition coefficient (Wildman–Crippen LogP) is 12.0. The van der Waals surface area contributed by atoms with Gasteiger partial charge in [0.15, 0.2) is 5.82 Å². The molecule has 3 nitrogen and oxygen atoms in total. The van der Waals surface area contributed by atoms with Crippen LogP contribution in [-0.4, -0.2) is 9.97 Å². The number of hydrogen-bond acceptors (Lipinski definition) is 3. The Balaban J connectivity index is 1.21. The molecule has 238 valence electrons. The van der Waals surface area contributed by atoms with E-state index in [0.717, 1.165) is 50.0 Å². The SMILES string of the molecule is Cc1ccc2c(c1)C1(c3cc(-c4nc(-c5ccccc5)cc(-c5ccccc5)n4)ccc3-2)c2ccccc2-c2c1ccc1c2oc2ccccc21. The molecule has 11 rings (SSSR count). The van der Waals surface area contributed by atoms with E-state index in [4.69, 9.17) is 14.4 Å². The highest BCUT2D eigenvalue weighted by atomic mass is 16.3. The van der Waals surface area contributed by atoms with Crippen LogP contribution in [-0.2, 0) is 5.41 Å². The summed E-state index contributed by atoms with van der Waals surface area (Å²) in [7, 11) is 0. The molecule has 0 N–H and O–H groups in total. The second-order valence-corrected chi connectivity index (χ2v) is 13.8. The lowest BCUT2D eigenvalue weighted by Crippen LogP contribution is -2.26. The minimum Gasteiger partial charge on any atom is -0.455 e. The highest BCUT2D eigenvalue weighted by Gasteiger charge is 2.52. The zero-order chi connectivity index (χ0) is 33.7. The molecule has 0 aliphatic heterocycles. The Labute approximate surface area is 295 Å². The fraction of sp³-hybridized carbons (Fsp3) is 0.0417. The van der Waals surface area contributed by atoms with Crippen molar-refractivity contribution in [1.29, 1.82) is 0 Å². The molecule has 7 aromatic carbocycles. The second-order valence-electron chi connectivity index (χ2n) is 13.8. The Hall–Kier alpha value is -6.58. The summed E-state index contributed by atoms with van der Waals surface area (Å²) in [4.78, 5) is 10.5. The lowest BCUT2D eigenvalue weighted by molar-refractivity contribution is 0.669. The maximum absolute atomic E-state index is 6.74. The van der Waals surface area contributed by atoms with Gasteiger partial charge in [-0.05, 0) is 64.1 Å². The van der Waals surface area contributed by atoms with Crippen LogP contribution in [0, 0.1) is 6.92 Å². The van der Waals surface area contributed by atoms with Crippen LogP contribution >= 0.6 is 0 Å². The first-order valence-electron chi connectivity index (χ1n) is 17.5. The number of benzene rings is 7. The fourth-order valence-electron chi connectivity index (χ4n) is 8.79. The summed E-state index contributed by atoms with van der Waals surface area (Å²) in [6, 6.07) is 58.6. The van der Waals surface area contributed by atoms with Gasteiger partial charge in [-0.3, -0.25) is 0 Å². The molecule has 0 bridgehead atoms. The summed E-state index contributed by atoms with van der Waals surface area (Å²) in [5.74, 6) is 0.708. The molecule has 2 heterocycles. The van der Waals surface area contributed by atoms with Gasteiger partial charge < -0.3 is 4.42 Å². The molecule has 1 atom stereocenters. The van der Waals surface area contributed by atoms with Crippen LogP contribution in [0.1, 0.15) is 27.8 Å². The van der Waals surface area contributed by atoms with Crippen LogP contribution in [0.5, 0.6) is 0 Å². The van der Waals surface area contributed by atoms with Crippen molar-refractivity contribution in [3.8, 4) is 56.2 Å². The highest BCUT2D eigenvalue weighted by molar-refractivity contribution is 6.13. The number of aromatic nitrogens is 2. The zero-order valence-electron chi connectivity index (χ0n) is 27.9. The monoisotopic (exact) mass is 650 g/mol. The minimum atomic E-state index is -0.537. The van der Waals surface area contributed by atoms with Crippen molar-refractivity contribution in [2.24, 2.45) is 0 Å². The van der Waals surface area contributed by atoms with Gasteiger partial charge >= 0.3 is 0 Å². The van der Waals surface area contributed by atoms with Crippen molar-refractivity contribution in [2.45, 2.75) is 12.3 Å². The van der Waals surface area contributed by atoms with E-state index >= 15 is 0 Å². The van der Waals surface area contributed by atoms with Gasteiger partial charge in [-0.15, -0.1) is 0 Å². The van der Waals surface area contributed by atoms with Gasteiger partial charge in [-0.2, -0.15) is 0 Å². The van der Waals surface area contributed by atoms with E-state index in [-0.39, 0.29) is 0 Å². The van der Waals surface area contributed by atoms with Crippen molar-refractivity contribution in [1.82, 2.24) is 9.97 Å². The Bertz CT molecular complexity index is 2810. The first-order valence-corrected chi connectivity index (χ1v) is 17.5. The summed E-state index contributed by atoms with van der Waals surface area (Å²) in [5.41, 5.74) is 17.5. The van der Waals surface area contributed by atoms with E-state index in [2.05, 4.69) is 153 Å². The van der Waals surface area contributed by atoms with Crippen LogP contribution in [0.4, 0.5) is 0 Å². The van der Waals surface area contributed by atoms with Crippen LogP contribution < -0.4 is 0 Å². The molecule has 2 aromatic heterocycles. The molecule has 0 fully saturated rings. The van der Waals surface area contributed by atoms with Gasteiger partial charge in [0.1, 0.15) is 11.2 Å². The second kappa shape index (κ2) is 10.5. The average Bonchev–Trinajstić information content (AvgIpc) is 3.82. The third-order valence-electron chi connectivity index (χ3n) is 11.0. The molecular formula is C48H30N2O. The summed E-state index contributed by atoms with van der Waals surface area (Å²) >= 11 is 0. The number of nitrogens with zero attached hydrogens (tertiary/aromatic N) is 2. The summed E-state index contributed by atoms with van der Waals surface area (Å²) in [5, 5.41) is 2.29. The molecule has 3 heteroatoms. The molecular weight excluding hydrogens is 621 g/mol. The summed E-state index contributed by atoms with van der Waals surface area (Å²) in [6.07, 6.45) is 0. The molecule has 1 unspecified atom stereocenters. The molecule has 2 aliphatic carbocycles. The number of fused-ring (bicyclic) bond motifs is 14. The largest absolute Gasteiger partial charge is 0.455 e. The van der Waals surface area contributed by atoms with Crippen molar-refractivity contribution in [3.05, 3.63) is 192 Å². The van der Waals surface area contributed by atoms with Gasteiger partial charge in [-0.25, -0.2) is 9.97 Å². The molecule has 0 saturated carbocycles. The van der Waals surface area contributed by atoms with Crippen LogP contribution in [0.15, 0.2) is 168 Å². The van der Waals surface area contributed by atoms with Crippen LogP contribution in [0.2, 0.25) is 0 Å². The Morgan fingerprint density at radius 1 is 0.451 bits per heavy atom. The third kappa shape index (κ3) is 3.89. The van der Waals surface area contributed by atoms with Gasteiger partial charge in [0, 0.05) is 33.0 Å². The van der Waals surface area contributed by atoms with Gasteiger partial charge in [0.25, 0.3) is 0 Å². The number of para-hydroxylation sites is 1. The van der Waals surface area contributed by atoms with Gasteiger partial charge in [-0.1, -0.05) is 151 Å². The molecule has 51 heavy (non-hydrogen) atoms. The lowest BCUT2D eigenvalue weighted by atomic mass is 9.70. The fourth-order valence-corrected chi connectivity index (χ4v) is 8.79. The number of aryl methyl sites for hydroxylation is 1. The van der Waals surface area contributed by atoms with E-state index in [1.165, 1.54) is 50.1 Å². The molecule has 0 saturated heterocycles. The Kier molecular flexibility index (Phi) is 5.80. The molecule has 0 amide bonds. The number of furan rings is 1. The Morgan fingerprint density at radius 3 is 1.86 bits per heavy atom. The smallest absolute Gasteiger partial charge is 0.160 e. The maximum atomic E-state index is 6.74. The van der Waals surface area contributed by atoms with E-state index in [1.54, 1.807) is 0 Å². The quantitative estimate of drug-likeness (QED) is 0.191. The predicted molar refractivity (Wildman–Crippen MR) is 207 cm³/mol. The first kappa shape index (κ1) is 28.3. The number of rotatable bonds is 3. The van der Waals surface area contributed by atoms with Crippen LogP contribution in [0.25, 0.3) is 78.1 Å².